The van der Waals surface area contributed by atoms with Gasteiger partial charge in [0.1, 0.15) is 11.6 Å². The highest BCUT2D eigenvalue weighted by Crippen LogP contribution is 2.35. The Hall–Kier alpha value is -3.74. The number of carbonyl (C=O) groups excluding carboxylic acids is 2. The molecule has 1 aliphatic heterocycles. The van der Waals surface area contributed by atoms with Crippen LogP contribution in [0.15, 0.2) is 67.0 Å². The van der Waals surface area contributed by atoms with E-state index in [1.54, 1.807) is 59.8 Å². The zero-order valence-electron chi connectivity index (χ0n) is 14.8. The molecule has 140 valence electrons. The Balaban J connectivity index is 1.60. The number of nitrogens with one attached hydrogen (secondary N) is 1. The normalized spacial score (nSPS) is 12.9. The average Bonchev–Trinajstić information content (AvgIpc) is 2.72. The number of ether oxygens (including phenoxy) is 1. The average molecular weight is 377 g/mol. The third kappa shape index (κ3) is 3.68. The minimum Gasteiger partial charge on any atom is -0.482 e. The van der Waals surface area contributed by atoms with Gasteiger partial charge in [0.15, 0.2) is 6.61 Å². The molecule has 0 saturated carbocycles. The summed E-state index contributed by atoms with van der Waals surface area (Å²) in [7, 11) is 0. The van der Waals surface area contributed by atoms with Gasteiger partial charge in [-0.3, -0.25) is 14.6 Å². The first-order valence-corrected chi connectivity index (χ1v) is 8.63. The standard InChI is InChI=1S/C21H16FN3O3/c22-16-3-1-14(2-4-16)12-25-18-11-17(5-6-19(18)28-13-20(25)26)24-21(27)15-7-9-23-10-8-15/h1-11H,12-13H2,(H,24,27). The number of carbonyl (C=O) groups is 2. The molecular formula is C21H16FN3O3. The Morgan fingerprint density at radius 1 is 1.11 bits per heavy atom. The number of rotatable bonds is 4. The van der Waals surface area contributed by atoms with Crippen molar-refractivity contribution in [1.29, 1.82) is 0 Å². The quantitative estimate of drug-likeness (QED) is 0.757. The molecule has 0 bridgehead atoms. The lowest BCUT2D eigenvalue weighted by Crippen LogP contribution is -2.38. The van der Waals surface area contributed by atoms with Crippen molar-refractivity contribution in [2.75, 3.05) is 16.8 Å². The lowest BCUT2D eigenvalue weighted by atomic mass is 10.1. The van der Waals surface area contributed by atoms with Crippen molar-refractivity contribution >= 4 is 23.2 Å². The lowest BCUT2D eigenvalue weighted by Gasteiger charge is -2.30. The van der Waals surface area contributed by atoms with Crippen LogP contribution in [0.3, 0.4) is 0 Å². The van der Waals surface area contributed by atoms with E-state index in [0.717, 1.165) is 5.56 Å². The van der Waals surface area contributed by atoms with Crippen molar-refractivity contribution in [3.8, 4) is 5.75 Å². The molecule has 6 nitrogen and oxygen atoms in total. The summed E-state index contributed by atoms with van der Waals surface area (Å²) in [5.74, 6) is -0.285. The van der Waals surface area contributed by atoms with Crippen LogP contribution in [0, 0.1) is 5.82 Å². The zero-order chi connectivity index (χ0) is 19.5. The van der Waals surface area contributed by atoms with Crippen molar-refractivity contribution in [3.05, 3.63) is 83.9 Å². The van der Waals surface area contributed by atoms with Gasteiger partial charge in [-0.2, -0.15) is 0 Å². The Morgan fingerprint density at radius 3 is 2.61 bits per heavy atom. The van der Waals surface area contributed by atoms with Crippen LogP contribution in [0.2, 0.25) is 0 Å². The molecule has 0 fully saturated rings. The molecule has 1 aliphatic rings. The van der Waals surface area contributed by atoms with E-state index < -0.39 is 0 Å². The molecule has 0 saturated heterocycles. The fourth-order valence-electron chi connectivity index (χ4n) is 2.93. The Kier molecular flexibility index (Phi) is 4.72. The predicted octanol–water partition coefficient (Wildman–Crippen LogP) is 3.40. The highest BCUT2D eigenvalue weighted by atomic mass is 19.1. The summed E-state index contributed by atoms with van der Waals surface area (Å²) < 4.78 is 18.6. The molecule has 2 aromatic carbocycles. The Morgan fingerprint density at radius 2 is 1.86 bits per heavy atom. The van der Waals surface area contributed by atoms with Crippen LogP contribution in [0.5, 0.6) is 5.75 Å². The first kappa shape index (κ1) is 17.7. The summed E-state index contributed by atoms with van der Waals surface area (Å²) in [6.45, 7) is 0.203. The number of hydrogen-bond acceptors (Lipinski definition) is 4. The molecule has 0 unspecified atom stereocenters. The van der Waals surface area contributed by atoms with Crippen LogP contribution in [0.25, 0.3) is 0 Å². The van der Waals surface area contributed by atoms with Gasteiger partial charge in [0.05, 0.1) is 12.2 Å². The van der Waals surface area contributed by atoms with Crippen molar-refractivity contribution in [1.82, 2.24) is 4.98 Å². The number of halogens is 1. The summed E-state index contributed by atoms with van der Waals surface area (Å²) in [6, 6.07) is 14.3. The van der Waals surface area contributed by atoms with E-state index in [1.165, 1.54) is 12.1 Å². The molecule has 3 aromatic rings. The van der Waals surface area contributed by atoms with Crippen molar-refractivity contribution in [2.45, 2.75) is 6.54 Å². The highest BCUT2D eigenvalue weighted by molar-refractivity contribution is 6.05. The molecule has 2 heterocycles. The van der Waals surface area contributed by atoms with E-state index in [4.69, 9.17) is 4.74 Å². The topological polar surface area (TPSA) is 71.5 Å². The van der Waals surface area contributed by atoms with Gasteiger partial charge >= 0.3 is 0 Å². The smallest absolute Gasteiger partial charge is 0.265 e. The maximum Gasteiger partial charge on any atom is 0.265 e. The van der Waals surface area contributed by atoms with Gasteiger partial charge in [0, 0.05) is 23.6 Å². The SMILES string of the molecule is O=C(Nc1ccc2c(c1)N(Cc1ccc(F)cc1)C(=O)CO2)c1ccncc1. The summed E-state index contributed by atoms with van der Waals surface area (Å²) in [4.78, 5) is 30.2. The van der Waals surface area contributed by atoms with Gasteiger partial charge in [0.25, 0.3) is 11.8 Å². The minimum absolute atomic E-state index is 0.0725. The van der Waals surface area contributed by atoms with Crippen molar-refractivity contribution in [3.63, 3.8) is 0 Å². The van der Waals surface area contributed by atoms with Gasteiger partial charge < -0.3 is 15.0 Å². The van der Waals surface area contributed by atoms with Gasteiger partial charge in [-0.1, -0.05) is 12.1 Å². The third-order valence-corrected chi connectivity index (χ3v) is 4.36. The van der Waals surface area contributed by atoms with E-state index in [-0.39, 0.29) is 30.8 Å². The molecular weight excluding hydrogens is 361 g/mol. The second kappa shape index (κ2) is 7.48. The number of hydrogen-bond donors (Lipinski definition) is 1. The van der Waals surface area contributed by atoms with Gasteiger partial charge in [0.2, 0.25) is 0 Å². The molecule has 4 rings (SSSR count). The van der Waals surface area contributed by atoms with Gasteiger partial charge in [-0.25, -0.2) is 4.39 Å². The van der Waals surface area contributed by atoms with E-state index in [1.807, 2.05) is 0 Å². The second-order valence-corrected chi connectivity index (χ2v) is 6.27. The molecule has 28 heavy (non-hydrogen) atoms. The van der Waals surface area contributed by atoms with Crippen LogP contribution in [0.1, 0.15) is 15.9 Å². The maximum atomic E-state index is 13.2. The lowest BCUT2D eigenvalue weighted by molar-refractivity contribution is -0.121. The number of anilines is 2. The van der Waals surface area contributed by atoms with Crippen molar-refractivity contribution in [2.24, 2.45) is 0 Å². The fraction of sp³-hybridized carbons (Fsp3) is 0.0952. The summed E-state index contributed by atoms with van der Waals surface area (Å²) in [5, 5.41) is 2.81. The van der Waals surface area contributed by atoms with E-state index in [2.05, 4.69) is 10.3 Å². The first-order chi connectivity index (χ1) is 13.6. The summed E-state index contributed by atoms with van der Waals surface area (Å²) in [6.07, 6.45) is 3.08. The maximum absolute atomic E-state index is 13.2. The molecule has 0 radical (unpaired) electrons. The Labute approximate surface area is 160 Å². The van der Waals surface area contributed by atoms with Crippen LogP contribution in [-0.4, -0.2) is 23.4 Å². The summed E-state index contributed by atoms with van der Waals surface area (Å²) in [5.41, 5.74) is 2.34. The molecule has 7 heteroatoms. The zero-order valence-corrected chi connectivity index (χ0v) is 14.8. The van der Waals surface area contributed by atoms with Crippen LogP contribution in [0.4, 0.5) is 15.8 Å². The highest BCUT2D eigenvalue weighted by Gasteiger charge is 2.26. The monoisotopic (exact) mass is 377 g/mol. The molecule has 1 N–H and O–H groups in total. The number of fused-ring (bicyclic) bond motifs is 1. The number of pyridine rings is 1. The van der Waals surface area contributed by atoms with Gasteiger partial charge in [-0.05, 0) is 48.0 Å². The number of benzene rings is 2. The van der Waals surface area contributed by atoms with Crippen LogP contribution < -0.4 is 15.0 Å². The molecule has 2 amide bonds. The number of nitrogens with zero attached hydrogens (tertiary/aromatic N) is 2. The largest absolute Gasteiger partial charge is 0.482 e. The molecule has 1 aromatic heterocycles. The van der Waals surface area contributed by atoms with Crippen LogP contribution in [-0.2, 0) is 11.3 Å². The number of amides is 2. The number of aromatic nitrogens is 1. The van der Waals surface area contributed by atoms with Crippen molar-refractivity contribution < 1.29 is 18.7 Å². The molecule has 0 aliphatic carbocycles. The second-order valence-electron chi connectivity index (χ2n) is 6.27. The van der Waals surface area contributed by atoms with Crippen LogP contribution >= 0.6 is 0 Å². The van der Waals surface area contributed by atoms with E-state index in [9.17, 15) is 14.0 Å². The molecule has 0 atom stereocenters. The first-order valence-electron chi connectivity index (χ1n) is 8.63. The summed E-state index contributed by atoms with van der Waals surface area (Å²) >= 11 is 0. The third-order valence-electron chi connectivity index (χ3n) is 4.36. The van der Waals surface area contributed by atoms with E-state index in [0.29, 0.717) is 22.7 Å². The Bertz CT molecular complexity index is 1020. The predicted molar refractivity (Wildman–Crippen MR) is 102 cm³/mol. The van der Waals surface area contributed by atoms with Gasteiger partial charge in [-0.15, -0.1) is 0 Å². The molecule has 0 spiro atoms. The fourth-order valence-corrected chi connectivity index (χ4v) is 2.93. The van der Waals surface area contributed by atoms with E-state index >= 15 is 0 Å². The minimum atomic E-state index is -0.335.